The fourth-order valence-corrected chi connectivity index (χ4v) is 6.28. The Bertz CT molecular complexity index is 1120. The van der Waals surface area contributed by atoms with E-state index in [0.29, 0.717) is 25.7 Å². The molecule has 0 aromatic carbocycles. The topological polar surface area (TPSA) is 189 Å². The number of carbonyl (C=O) groups is 2. The number of hydrogen-bond acceptors (Lipinski definition) is 11. The van der Waals surface area contributed by atoms with Gasteiger partial charge in [0.05, 0.1) is 32.0 Å². The summed E-state index contributed by atoms with van der Waals surface area (Å²) in [5.41, 5.74) is 0. The van der Waals surface area contributed by atoms with Gasteiger partial charge in [-0.3, -0.25) is 18.6 Å². The molecule has 0 amide bonds. The number of carbonyl (C=O) groups excluding carboxylic acids is 2. The number of phosphoric ester groups is 1. The number of esters is 2. The lowest BCUT2D eigenvalue weighted by atomic mass is 10.0. The summed E-state index contributed by atoms with van der Waals surface area (Å²) >= 11 is 0. The first-order chi connectivity index (χ1) is 26.9. The van der Waals surface area contributed by atoms with E-state index in [4.69, 9.17) is 19.1 Å². The molecule has 56 heavy (non-hydrogen) atoms. The van der Waals surface area contributed by atoms with Gasteiger partial charge in [-0.2, -0.15) is 0 Å². The second-order valence-electron chi connectivity index (χ2n) is 14.9. The summed E-state index contributed by atoms with van der Waals surface area (Å²) in [5.74, 6) is -0.386. The third-order valence-corrected chi connectivity index (χ3v) is 9.81. The van der Waals surface area contributed by atoms with E-state index in [-0.39, 0.29) is 12.8 Å². The summed E-state index contributed by atoms with van der Waals surface area (Å²) in [4.78, 5) is 35.0. The Kier molecular flexibility index (Phi) is 35.7. The molecule has 0 aliphatic heterocycles. The Morgan fingerprint density at radius 1 is 0.643 bits per heavy atom. The highest BCUT2D eigenvalue weighted by molar-refractivity contribution is 7.47. The van der Waals surface area contributed by atoms with Gasteiger partial charge in [-0.15, -0.1) is 0 Å². The second-order valence-corrected chi connectivity index (χ2v) is 16.4. The number of aliphatic hydroxyl groups excluding tert-OH is 4. The van der Waals surface area contributed by atoms with Crippen LogP contribution in [-0.2, 0) is 32.7 Å². The predicted molar refractivity (Wildman–Crippen MR) is 222 cm³/mol. The molecular formula is C43H77O12P. The summed E-state index contributed by atoms with van der Waals surface area (Å²) in [7, 11) is -4.67. The first kappa shape index (κ1) is 53.9. The van der Waals surface area contributed by atoms with Gasteiger partial charge in [-0.25, -0.2) is 4.57 Å². The molecule has 0 aliphatic rings. The van der Waals surface area contributed by atoms with Crippen LogP contribution in [0.25, 0.3) is 0 Å². The molecule has 12 nitrogen and oxygen atoms in total. The fraction of sp³-hybridized carbons (Fsp3) is 0.767. The lowest BCUT2D eigenvalue weighted by Crippen LogP contribution is -2.30. The minimum atomic E-state index is -4.67. The third-order valence-electron chi connectivity index (χ3n) is 8.85. The maximum Gasteiger partial charge on any atom is 0.472 e. The lowest BCUT2D eigenvalue weighted by Gasteiger charge is -2.20. The monoisotopic (exact) mass is 817 g/mol. The van der Waals surface area contributed by atoms with Crippen molar-refractivity contribution in [1.82, 2.24) is 0 Å². The lowest BCUT2D eigenvalue weighted by molar-refractivity contribution is -0.161. The molecule has 326 valence electrons. The second kappa shape index (κ2) is 37.1. The van der Waals surface area contributed by atoms with Gasteiger partial charge in [0.1, 0.15) is 12.7 Å². The Hall–Kier alpha value is -2.15. The number of hydrogen-bond donors (Lipinski definition) is 5. The number of unbranched alkanes of at least 4 members (excludes halogenated alkanes) is 13. The van der Waals surface area contributed by atoms with Crippen LogP contribution in [-0.4, -0.2) is 88.1 Å². The predicted octanol–water partition coefficient (Wildman–Crippen LogP) is 8.74. The van der Waals surface area contributed by atoms with Crippen LogP contribution in [0.3, 0.4) is 0 Å². The number of phosphoric acid groups is 1. The number of ether oxygens (including phenoxy) is 2. The van der Waals surface area contributed by atoms with Crippen LogP contribution in [0, 0.1) is 5.92 Å². The molecular weight excluding hydrogens is 739 g/mol. The van der Waals surface area contributed by atoms with E-state index in [0.717, 1.165) is 38.0 Å². The highest BCUT2D eigenvalue weighted by Gasteiger charge is 2.27. The van der Waals surface area contributed by atoms with Gasteiger partial charge >= 0.3 is 19.8 Å². The minimum absolute atomic E-state index is 0.0190. The molecule has 1 unspecified atom stereocenters. The van der Waals surface area contributed by atoms with Crippen LogP contribution in [0.15, 0.2) is 48.6 Å². The van der Waals surface area contributed by atoms with Crippen LogP contribution in [0.2, 0.25) is 0 Å². The first-order valence-corrected chi connectivity index (χ1v) is 22.7. The fourth-order valence-electron chi connectivity index (χ4n) is 5.49. The molecule has 0 saturated carbocycles. The van der Waals surface area contributed by atoms with Crippen molar-refractivity contribution in [3.8, 4) is 0 Å². The van der Waals surface area contributed by atoms with Crippen LogP contribution >= 0.6 is 7.82 Å². The Morgan fingerprint density at radius 2 is 1.21 bits per heavy atom. The van der Waals surface area contributed by atoms with Gasteiger partial charge in [-0.05, 0) is 44.4 Å². The zero-order valence-electron chi connectivity index (χ0n) is 34.7. The Morgan fingerprint density at radius 3 is 1.82 bits per heavy atom. The van der Waals surface area contributed by atoms with Crippen LogP contribution in [0.4, 0.5) is 0 Å². The summed E-state index contributed by atoms with van der Waals surface area (Å²) < 4.78 is 32.5. The van der Waals surface area contributed by atoms with Crippen LogP contribution in [0.1, 0.15) is 156 Å². The van der Waals surface area contributed by atoms with Crippen molar-refractivity contribution in [2.75, 3.05) is 26.4 Å². The Balaban J connectivity index is 4.58. The molecule has 13 heteroatoms. The summed E-state index contributed by atoms with van der Waals surface area (Å²) in [6.07, 6.45) is 30.0. The van der Waals surface area contributed by atoms with Crippen LogP contribution in [0.5, 0.6) is 0 Å². The molecule has 0 spiro atoms. The maximum absolute atomic E-state index is 12.6. The molecule has 0 aromatic rings. The van der Waals surface area contributed by atoms with E-state index in [9.17, 15) is 34.4 Å². The van der Waals surface area contributed by atoms with Crippen molar-refractivity contribution in [1.29, 1.82) is 0 Å². The number of rotatable bonds is 38. The molecule has 0 fully saturated rings. The molecule has 0 aliphatic carbocycles. The third kappa shape index (κ3) is 37.4. The van der Waals surface area contributed by atoms with E-state index < -0.39 is 70.6 Å². The zero-order valence-corrected chi connectivity index (χ0v) is 35.6. The van der Waals surface area contributed by atoms with Gasteiger partial charge in [0.15, 0.2) is 6.10 Å². The standard InChI is InChI=1S/C43H77O12P/c1-4-5-6-7-16-21-27-38(45)28-22-18-19-23-29-39(46)30-25-32-42(48)52-35-41(36-54-56(50,51)53-34-40(47)33-44)55-43(49)31-24-17-14-12-10-8-9-11-13-15-20-26-37(2)3/h16,18-19,21-23,28-29,37-41,44-47H,4-15,17,20,24-27,30-36H2,1-3H3,(H,50,51)/b19-18+,21-16-,28-22+,29-23-/t38-,39-,40+,41-/m1/s1. The quantitative estimate of drug-likeness (QED) is 0.0131. The minimum Gasteiger partial charge on any atom is -0.462 e. The van der Waals surface area contributed by atoms with Crippen molar-refractivity contribution in [2.24, 2.45) is 5.92 Å². The van der Waals surface area contributed by atoms with E-state index >= 15 is 0 Å². The van der Waals surface area contributed by atoms with Crippen molar-refractivity contribution in [3.63, 3.8) is 0 Å². The molecule has 0 rings (SSSR count). The van der Waals surface area contributed by atoms with E-state index in [1.54, 1.807) is 36.5 Å². The summed E-state index contributed by atoms with van der Waals surface area (Å²) in [5, 5.41) is 38.6. The van der Waals surface area contributed by atoms with Crippen molar-refractivity contribution >= 4 is 19.8 Å². The molecule has 0 aromatic heterocycles. The molecule has 5 N–H and O–H groups in total. The molecule has 0 saturated heterocycles. The van der Waals surface area contributed by atoms with Crippen molar-refractivity contribution < 1.29 is 58.0 Å². The smallest absolute Gasteiger partial charge is 0.462 e. The number of allylic oxidation sites excluding steroid dienone is 5. The number of aliphatic hydroxyl groups is 4. The van der Waals surface area contributed by atoms with Gasteiger partial charge < -0.3 is 34.8 Å². The summed E-state index contributed by atoms with van der Waals surface area (Å²) in [6, 6.07) is 0. The van der Waals surface area contributed by atoms with E-state index in [2.05, 4.69) is 31.4 Å². The maximum atomic E-state index is 12.6. The summed E-state index contributed by atoms with van der Waals surface area (Å²) in [6.45, 7) is 4.33. The molecule has 0 radical (unpaired) electrons. The van der Waals surface area contributed by atoms with Crippen LogP contribution < -0.4 is 0 Å². The van der Waals surface area contributed by atoms with Gasteiger partial charge in [-0.1, -0.05) is 153 Å². The van der Waals surface area contributed by atoms with Crippen molar-refractivity contribution in [3.05, 3.63) is 48.6 Å². The molecule has 0 bridgehead atoms. The SMILES string of the molecule is CCCCC/C=C\C[C@@H](O)/C=C/C=C/C=C\[C@@H](O)CCCC(=O)OC[C@H](COP(=O)(O)OC[C@@H](O)CO)OC(=O)CCCCCCCCCCCCCC(C)C. The van der Waals surface area contributed by atoms with E-state index in [1.165, 1.54) is 64.2 Å². The van der Waals surface area contributed by atoms with Gasteiger partial charge in [0.2, 0.25) is 0 Å². The largest absolute Gasteiger partial charge is 0.472 e. The first-order valence-electron chi connectivity index (χ1n) is 21.2. The van der Waals surface area contributed by atoms with E-state index in [1.807, 2.05) is 6.08 Å². The Labute approximate surface area is 338 Å². The van der Waals surface area contributed by atoms with Gasteiger partial charge in [0, 0.05) is 12.8 Å². The normalized spacial score (nSPS) is 15.6. The average molecular weight is 817 g/mol. The molecule has 0 heterocycles. The zero-order chi connectivity index (χ0) is 41.7. The molecule has 5 atom stereocenters. The highest BCUT2D eigenvalue weighted by atomic mass is 31.2. The van der Waals surface area contributed by atoms with Crippen molar-refractivity contribution in [2.45, 2.75) is 180 Å². The van der Waals surface area contributed by atoms with Gasteiger partial charge in [0.25, 0.3) is 0 Å². The average Bonchev–Trinajstić information content (AvgIpc) is 3.16. The highest BCUT2D eigenvalue weighted by Crippen LogP contribution is 2.43.